The highest BCUT2D eigenvalue weighted by Gasteiger charge is 2.17. The maximum absolute atomic E-state index is 13.4. The van der Waals surface area contributed by atoms with Crippen LogP contribution in [0, 0.1) is 17.5 Å². The van der Waals surface area contributed by atoms with Crippen LogP contribution in [0.3, 0.4) is 0 Å². The Bertz CT molecular complexity index is 647. The number of rotatable bonds is 4. The minimum Gasteiger partial charge on any atom is -0.322 e. The van der Waals surface area contributed by atoms with E-state index in [1.807, 2.05) is 6.07 Å². The molecule has 3 nitrogen and oxygen atoms in total. The number of benzene rings is 2. The summed E-state index contributed by atoms with van der Waals surface area (Å²) in [5, 5.41) is 2.15. The van der Waals surface area contributed by atoms with E-state index in [2.05, 4.69) is 5.32 Å². The number of hydrogen-bond donors (Lipinski definition) is 2. The third-order valence-corrected chi connectivity index (χ3v) is 2.90. The molecule has 110 valence electrons. The van der Waals surface area contributed by atoms with E-state index in [9.17, 15) is 18.0 Å². The van der Waals surface area contributed by atoms with Gasteiger partial charge in [0.05, 0.1) is 11.7 Å². The first-order valence-corrected chi connectivity index (χ1v) is 6.22. The Morgan fingerprint density at radius 1 is 1.05 bits per heavy atom. The van der Waals surface area contributed by atoms with Crippen molar-refractivity contribution in [1.29, 1.82) is 0 Å². The molecule has 0 heterocycles. The van der Waals surface area contributed by atoms with E-state index in [0.717, 1.165) is 5.56 Å². The highest BCUT2D eigenvalue weighted by Crippen LogP contribution is 2.18. The van der Waals surface area contributed by atoms with Gasteiger partial charge in [0, 0.05) is 12.1 Å². The van der Waals surface area contributed by atoms with Crippen LogP contribution in [0.2, 0.25) is 0 Å². The Morgan fingerprint density at radius 3 is 2.33 bits per heavy atom. The molecule has 1 atom stereocenters. The monoisotopic (exact) mass is 294 g/mol. The molecule has 21 heavy (non-hydrogen) atoms. The lowest BCUT2D eigenvalue weighted by molar-refractivity contribution is -0.117. The summed E-state index contributed by atoms with van der Waals surface area (Å²) < 4.78 is 39.2. The molecule has 0 saturated heterocycles. The molecule has 2 aromatic carbocycles. The van der Waals surface area contributed by atoms with E-state index in [-0.39, 0.29) is 6.42 Å². The predicted octanol–water partition coefficient (Wildman–Crippen LogP) is 2.61. The summed E-state index contributed by atoms with van der Waals surface area (Å²) >= 11 is 0. The molecule has 0 radical (unpaired) electrons. The molecule has 2 rings (SSSR count). The van der Waals surface area contributed by atoms with E-state index in [0.29, 0.717) is 12.1 Å². The second-order valence-corrected chi connectivity index (χ2v) is 4.53. The molecule has 0 unspecified atom stereocenters. The Balaban J connectivity index is 2.06. The first-order valence-electron chi connectivity index (χ1n) is 6.22. The molecular weight excluding hydrogens is 281 g/mol. The van der Waals surface area contributed by atoms with Gasteiger partial charge in [0.25, 0.3) is 0 Å². The Labute approximate surface area is 119 Å². The summed E-state index contributed by atoms with van der Waals surface area (Å²) in [5.41, 5.74) is 6.11. The van der Waals surface area contributed by atoms with E-state index in [4.69, 9.17) is 5.73 Å². The minimum atomic E-state index is -1.32. The van der Waals surface area contributed by atoms with Crippen LogP contribution >= 0.6 is 0 Å². The number of amides is 1. The van der Waals surface area contributed by atoms with Crippen LogP contribution in [-0.4, -0.2) is 11.9 Å². The van der Waals surface area contributed by atoms with Gasteiger partial charge >= 0.3 is 0 Å². The molecule has 3 N–H and O–H groups in total. The van der Waals surface area contributed by atoms with Crippen molar-refractivity contribution >= 4 is 11.6 Å². The average molecular weight is 294 g/mol. The first kappa shape index (κ1) is 15.1. The lowest BCUT2D eigenvalue weighted by Gasteiger charge is -2.13. The third-order valence-electron chi connectivity index (χ3n) is 2.90. The predicted molar refractivity (Wildman–Crippen MR) is 73.1 cm³/mol. The smallest absolute Gasteiger partial charge is 0.241 e. The quantitative estimate of drug-likeness (QED) is 0.852. The van der Waals surface area contributed by atoms with Crippen molar-refractivity contribution in [2.45, 2.75) is 12.5 Å². The standard InChI is InChI=1S/C15H13F3N2O/c16-10-7-12(18)14(8-11(10)17)20-15(21)13(19)6-9-4-2-1-3-5-9/h1-5,7-8,13H,6,19H2,(H,20,21)/t13-/m0/s1. The molecule has 0 aromatic heterocycles. The zero-order valence-corrected chi connectivity index (χ0v) is 10.9. The van der Waals surface area contributed by atoms with Gasteiger partial charge in [-0.1, -0.05) is 30.3 Å². The van der Waals surface area contributed by atoms with E-state index < -0.39 is 35.1 Å². The molecule has 1 amide bonds. The van der Waals surface area contributed by atoms with E-state index in [1.54, 1.807) is 24.3 Å². The van der Waals surface area contributed by atoms with Crippen LogP contribution in [0.25, 0.3) is 0 Å². The lowest BCUT2D eigenvalue weighted by Crippen LogP contribution is -2.37. The molecule has 0 fully saturated rings. The van der Waals surface area contributed by atoms with Gasteiger partial charge < -0.3 is 11.1 Å². The fourth-order valence-electron chi connectivity index (χ4n) is 1.80. The van der Waals surface area contributed by atoms with Gasteiger partial charge in [-0.05, 0) is 12.0 Å². The van der Waals surface area contributed by atoms with Gasteiger partial charge in [-0.3, -0.25) is 4.79 Å². The Morgan fingerprint density at radius 2 is 1.67 bits per heavy atom. The number of carbonyl (C=O) groups is 1. The first-order chi connectivity index (χ1) is 9.97. The van der Waals surface area contributed by atoms with Gasteiger partial charge in [0.2, 0.25) is 5.91 Å². The Kier molecular flexibility index (Phi) is 4.59. The molecule has 6 heteroatoms. The van der Waals surface area contributed by atoms with E-state index >= 15 is 0 Å². The summed E-state index contributed by atoms with van der Waals surface area (Å²) in [6, 6.07) is 9.04. The summed E-state index contributed by atoms with van der Waals surface area (Å²) in [5.74, 6) is -4.31. The fraction of sp³-hybridized carbons (Fsp3) is 0.133. The van der Waals surface area contributed by atoms with Crippen LogP contribution < -0.4 is 11.1 Å². The second kappa shape index (κ2) is 6.41. The highest BCUT2D eigenvalue weighted by molar-refractivity contribution is 5.94. The summed E-state index contributed by atoms with van der Waals surface area (Å²) in [7, 11) is 0. The van der Waals surface area contributed by atoms with Crippen LogP contribution in [-0.2, 0) is 11.2 Å². The number of anilines is 1. The van der Waals surface area contributed by atoms with Crippen molar-refractivity contribution in [2.75, 3.05) is 5.32 Å². The van der Waals surface area contributed by atoms with Crippen LogP contribution in [0.1, 0.15) is 5.56 Å². The number of carbonyl (C=O) groups excluding carboxylic acids is 1. The van der Waals surface area contributed by atoms with Crippen molar-refractivity contribution in [3.8, 4) is 0 Å². The molecule has 0 saturated carbocycles. The van der Waals surface area contributed by atoms with Gasteiger partial charge in [0.1, 0.15) is 5.82 Å². The second-order valence-electron chi connectivity index (χ2n) is 4.53. The van der Waals surface area contributed by atoms with Gasteiger partial charge in [-0.15, -0.1) is 0 Å². The summed E-state index contributed by atoms with van der Waals surface area (Å²) in [6.07, 6.45) is 0.248. The molecule has 0 aliphatic carbocycles. The summed E-state index contributed by atoms with van der Waals surface area (Å²) in [6.45, 7) is 0. The zero-order valence-electron chi connectivity index (χ0n) is 10.9. The molecule has 0 bridgehead atoms. The molecule has 0 aliphatic heterocycles. The van der Waals surface area contributed by atoms with Crippen LogP contribution in [0.15, 0.2) is 42.5 Å². The maximum atomic E-state index is 13.4. The molecule has 0 spiro atoms. The van der Waals surface area contributed by atoms with Gasteiger partial charge in [-0.25, -0.2) is 13.2 Å². The molecule has 2 aromatic rings. The number of nitrogens with one attached hydrogen (secondary N) is 1. The summed E-state index contributed by atoms with van der Waals surface area (Å²) in [4.78, 5) is 11.8. The van der Waals surface area contributed by atoms with Crippen LogP contribution in [0.4, 0.5) is 18.9 Å². The van der Waals surface area contributed by atoms with Crippen molar-refractivity contribution in [1.82, 2.24) is 0 Å². The third kappa shape index (κ3) is 3.82. The van der Waals surface area contributed by atoms with Gasteiger partial charge in [-0.2, -0.15) is 0 Å². The van der Waals surface area contributed by atoms with Crippen molar-refractivity contribution in [3.63, 3.8) is 0 Å². The number of halogens is 3. The number of hydrogen-bond acceptors (Lipinski definition) is 2. The number of nitrogens with two attached hydrogens (primary N) is 1. The zero-order chi connectivity index (χ0) is 15.4. The highest BCUT2D eigenvalue weighted by atomic mass is 19.2. The average Bonchev–Trinajstić information content (AvgIpc) is 2.45. The van der Waals surface area contributed by atoms with Crippen molar-refractivity contribution in [2.24, 2.45) is 5.73 Å². The largest absolute Gasteiger partial charge is 0.322 e. The van der Waals surface area contributed by atoms with Crippen molar-refractivity contribution < 1.29 is 18.0 Å². The van der Waals surface area contributed by atoms with Crippen LogP contribution in [0.5, 0.6) is 0 Å². The molecular formula is C15H13F3N2O. The normalized spacial score (nSPS) is 12.0. The Hall–Kier alpha value is -2.34. The fourth-order valence-corrected chi connectivity index (χ4v) is 1.80. The molecule has 0 aliphatic rings. The van der Waals surface area contributed by atoms with E-state index in [1.165, 1.54) is 0 Å². The lowest BCUT2D eigenvalue weighted by atomic mass is 10.1. The topological polar surface area (TPSA) is 55.1 Å². The minimum absolute atomic E-state index is 0.248. The van der Waals surface area contributed by atoms with Gasteiger partial charge in [0.15, 0.2) is 11.6 Å². The van der Waals surface area contributed by atoms with Crippen molar-refractivity contribution in [3.05, 3.63) is 65.5 Å². The maximum Gasteiger partial charge on any atom is 0.241 e. The SMILES string of the molecule is N[C@@H](Cc1ccccc1)C(=O)Nc1cc(F)c(F)cc1F.